The van der Waals surface area contributed by atoms with E-state index in [0.29, 0.717) is 6.54 Å². The number of nitrogens with one attached hydrogen (secondary N) is 1. The molecule has 6 nitrogen and oxygen atoms in total. The number of anilines is 1. The van der Waals surface area contributed by atoms with Gasteiger partial charge >= 0.3 is 0 Å². The summed E-state index contributed by atoms with van der Waals surface area (Å²) in [6.45, 7) is 2.45. The van der Waals surface area contributed by atoms with Gasteiger partial charge in [-0.05, 0) is 30.5 Å². The van der Waals surface area contributed by atoms with Gasteiger partial charge in [0.25, 0.3) is 0 Å². The minimum atomic E-state index is -3.33. The van der Waals surface area contributed by atoms with Crippen LogP contribution in [-0.4, -0.2) is 51.6 Å². The van der Waals surface area contributed by atoms with Crippen molar-refractivity contribution in [3.8, 4) is 0 Å². The second kappa shape index (κ2) is 7.11. The van der Waals surface area contributed by atoms with E-state index in [1.165, 1.54) is 25.6 Å². The molecular weight excluding hydrogens is 302 g/mol. The molecule has 1 amide bonds. The molecule has 0 aromatic heterocycles. The summed E-state index contributed by atoms with van der Waals surface area (Å²) in [6.07, 6.45) is 3.56. The Hall–Kier alpha value is -1.60. The van der Waals surface area contributed by atoms with E-state index in [0.717, 1.165) is 29.2 Å². The molecule has 1 fully saturated rings. The minimum Gasteiger partial charge on any atom is -0.372 e. The van der Waals surface area contributed by atoms with Gasteiger partial charge in [0.1, 0.15) is 0 Å². The van der Waals surface area contributed by atoms with Crippen molar-refractivity contribution in [3.05, 3.63) is 29.8 Å². The number of hydrogen-bond acceptors (Lipinski definition) is 4. The number of benzene rings is 1. The summed E-state index contributed by atoms with van der Waals surface area (Å²) in [4.78, 5) is 14.1. The van der Waals surface area contributed by atoms with Crippen LogP contribution in [0.4, 0.5) is 5.69 Å². The standard InChI is InChI=1S/C15H23N3O3S/c1-17(22(2,20)21)12-15(19)16-11-13-5-7-14(8-6-13)18-9-3-4-10-18/h5-8H,3-4,9-12H2,1-2H3,(H,16,19). The van der Waals surface area contributed by atoms with Crippen LogP contribution in [-0.2, 0) is 21.4 Å². The summed E-state index contributed by atoms with van der Waals surface area (Å²) in [5, 5.41) is 2.73. The molecule has 0 aliphatic carbocycles. The highest BCUT2D eigenvalue weighted by Gasteiger charge is 2.15. The van der Waals surface area contributed by atoms with Gasteiger partial charge in [0.05, 0.1) is 12.8 Å². The molecule has 1 saturated heterocycles. The maximum Gasteiger partial charge on any atom is 0.235 e. The van der Waals surface area contributed by atoms with E-state index < -0.39 is 10.0 Å². The average molecular weight is 325 g/mol. The molecule has 22 heavy (non-hydrogen) atoms. The lowest BCUT2D eigenvalue weighted by Gasteiger charge is -2.18. The Kier molecular flexibility index (Phi) is 5.42. The first kappa shape index (κ1) is 16.8. The van der Waals surface area contributed by atoms with E-state index >= 15 is 0 Å². The lowest BCUT2D eigenvalue weighted by molar-refractivity contribution is -0.121. The maximum atomic E-state index is 11.7. The summed E-state index contributed by atoms with van der Waals surface area (Å²) in [7, 11) is -1.94. The predicted octanol–water partition coefficient (Wildman–Crippen LogP) is 0.794. The Balaban J connectivity index is 1.82. The van der Waals surface area contributed by atoms with Gasteiger partial charge in [-0.15, -0.1) is 0 Å². The number of nitrogens with zero attached hydrogens (tertiary/aromatic N) is 2. The quantitative estimate of drug-likeness (QED) is 0.840. The van der Waals surface area contributed by atoms with Crippen LogP contribution >= 0.6 is 0 Å². The third-order valence-electron chi connectivity index (χ3n) is 3.83. The minimum absolute atomic E-state index is 0.162. The first-order valence-electron chi connectivity index (χ1n) is 7.38. The van der Waals surface area contributed by atoms with Gasteiger partial charge in [-0.25, -0.2) is 8.42 Å². The molecular formula is C15H23N3O3S. The van der Waals surface area contributed by atoms with Crippen LogP contribution < -0.4 is 10.2 Å². The van der Waals surface area contributed by atoms with Crippen molar-refractivity contribution in [2.45, 2.75) is 19.4 Å². The van der Waals surface area contributed by atoms with Gasteiger partial charge in [0.15, 0.2) is 0 Å². The van der Waals surface area contributed by atoms with Crippen LogP contribution in [0.3, 0.4) is 0 Å². The fraction of sp³-hybridized carbons (Fsp3) is 0.533. The number of sulfonamides is 1. The van der Waals surface area contributed by atoms with Crippen LogP contribution in [0.15, 0.2) is 24.3 Å². The smallest absolute Gasteiger partial charge is 0.235 e. The monoisotopic (exact) mass is 325 g/mol. The van der Waals surface area contributed by atoms with Crippen molar-refractivity contribution in [2.24, 2.45) is 0 Å². The van der Waals surface area contributed by atoms with E-state index in [1.54, 1.807) is 0 Å². The molecule has 0 spiro atoms. The molecule has 1 aliphatic heterocycles. The number of carbonyl (C=O) groups excluding carboxylic acids is 1. The molecule has 0 bridgehead atoms. The number of carbonyl (C=O) groups is 1. The molecule has 0 saturated carbocycles. The van der Waals surface area contributed by atoms with Crippen LogP contribution in [0.1, 0.15) is 18.4 Å². The normalized spacial score (nSPS) is 15.3. The first-order chi connectivity index (χ1) is 10.4. The Labute approximate surface area is 132 Å². The van der Waals surface area contributed by atoms with Gasteiger partial charge in [-0.2, -0.15) is 4.31 Å². The van der Waals surface area contributed by atoms with E-state index in [4.69, 9.17) is 0 Å². The third-order valence-corrected chi connectivity index (χ3v) is 5.09. The zero-order chi connectivity index (χ0) is 16.2. The zero-order valence-corrected chi connectivity index (χ0v) is 13.9. The summed E-state index contributed by atoms with van der Waals surface area (Å²) >= 11 is 0. The highest BCUT2D eigenvalue weighted by atomic mass is 32.2. The second-order valence-electron chi connectivity index (χ2n) is 5.66. The van der Waals surface area contributed by atoms with Crippen LogP contribution in [0.5, 0.6) is 0 Å². The molecule has 1 heterocycles. The zero-order valence-electron chi connectivity index (χ0n) is 13.1. The third kappa shape index (κ3) is 4.71. The molecule has 1 aromatic rings. The molecule has 0 unspecified atom stereocenters. The number of hydrogen-bond donors (Lipinski definition) is 1. The lowest BCUT2D eigenvalue weighted by Crippen LogP contribution is -2.37. The van der Waals surface area contributed by atoms with Crippen molar-refractivity contribution < 1.29 is 13.2 Å². The Morgan fingerprint density at radius 1 is 1.23 bits per heavy atom. The Morgan fingerprint density at radius 2 is 1.82 bits per heavy atom. The molecule has 0 atom stereocenters. The number of likely N-dealkylation sites (N-methyl/N-ethyl adjacent to an activating group) is 1. The number of amides is 1. The van der Waals surface area contributed by atoms with Crippen LogP contribution in [0.2, 0.25) is 0 Å². The molecule has 122 valence electrons. The average Bonchev–Trinajstić information content (AvgIpc) is 2.99. The fourth-order valence-corrected chi connectivity index (χ4v) is 2.73. The van der Waals surface area contributed by atoms with E-state index in [-0.39, 0.29) is 12.5 Å². The fourth-order valence-electron chi connectivity index (χ4n) is 2.38. The number of rotatable bonds is 6. The SMILES string of the molecule is CN(CC(=O)NCc1ccc(N2CCCC2)cc1)S(C)(=O)=O. The largest absolute Gasteiger partial charge is 0.372 e. The van der Waals surface area contributed by atoms with Gasteiger partial charge in [-0.3, -0.25) is 4.79 Å². The molecule has 1 N–H and O–H groups in total. The Bertz CT molecular complexity index is 607. The maximum absolute atomic E-state index is 11.7. The van der Waals surface area contributed by atoms with Crippen molar-refractivity contribution in [1.82, 2.24) is 9.62 Å². The van der Waals surface area contributed by atoms with Gasteiger partial charge in [0.2, 0.25) is 15.9 Å². The summed E-state index contributed by atoms with van der Waals surface area (Å²) < 4.78 is 23.5. The van der Waals surface area contributed by atoms with Crippen LogP contribution in [0, 0.1) is 0 Å². The summed E-state index contributed by atoms with van der Waals surface area (Å²) in [5.41, 5.74) is 2.21. The van der Waals surface area contributed by atoms with Crippen molar-refractivity contribution in [3.63, 3.8) is 0 Å². The van der Waals surface area contributed by atoms with Crippen molar-refractivity contribution in [1.29, 1.82) is 0 Å². The van der Waals surface area contributed by atoms with Gasteiger partial charge < -0.3 is 10.2 Å². The first-order valence-corrected chi connectivity index (χ1v) is 9.23. The van der Waals surface area contributed by atoms with E-state index in [1.807, 2.05) is 12.1 Å². The van der Waals surface area contributed by atoms with Crippen LogP contribution in [0.25, 0.3) is 0 Å². The molecule has 7 heteroatoms. The molecule has 1 aliphatic rings. The van der Waals surface area contributed by atoms with E-state index in [9.17, 15) is 13.2 Å². The molecule has 2 rings (SSSR count). The molecule has 0 radical (unpaired) electrons. The highest BCUT2D eigenvalue weighted by Crippen LogP contribution is 2.20. The second-order valence-corrected chi connectivity index (χ2v) is 7.75. The summed E-state index contributed by atoms with van der Waals surface area (Å²) in [6, 6.07) is 8.12. The predicted molar refractivity (Wildman–Crippen MR) is 87.2 cm³/mol. The topological polar surface area (TPSA) is 69.7 Å². The molecule has 1 aromatic carbocycles. The van der Waals surface area contributed by atoms with Crippen molar-refractivity contribution >= 4 is 21.6 Å². The van der Waals surface area contributed by atoms with Gasteiger partial charge in [-0.1, -0.05) is 12.1 Å². The van der Waals surface area contributed by atoms with Crippen molar-refractivity contribution in [2.75, 3.05) is 37.8 Å². The Morgan fingerprint density at radius 3 is 2.36 bits per heavy atom. The lowest BCUT2D eigenvalue weighted by atomic mass is 10.2. The highest BCUT2D eigenvalue weighted by molar-refractivity contribution is 7.88. The van der Waals surface area contributed by atoms with Gasteiger partial charge in [0, 0.05) is 32.4 Å². The summed E-state index contributed by atoms with van der Waals surface area (Å²) in [5.74, 6) is -0.309. The van der Waals surface area contributed by atoms with E-state index in [2.05, 4.69) is 22.3 Å².